The first-order valence-electron chi connectivity index (χ1n) is 9.86. The van der Waals surface area contributed by atoms with E-state index in [1.54, 1.807) is 42.5 Å². The van der Waals surface area contributed by atoms with Crippen molar-refractivity contribution >= 4 is 5.82 Å². The maximum atomic E-state index is 13.9. The van der Waals surface area contributed by atoms with E-state index in [4.69, 9.17) is 0 Å². The van der Waals surface area contributed by atoms with Gasteiger partial charge in [0, 0.05) is 25.1 Å². The fourth-order valence-corrected chi connectivity index (χ4v) is 3.57. The summed E-state index contributed by atoms with van der Waals surface area (Å²) in [4.78, 5) is 2.07. The highest BCUT2D eigenvalue weighted by atomic mass is 19.1. The number of phenolic OH excluding ortho intramolecular Hbond substituents is 1. The van der Waals surface area contributed by atoms with E-state index < -0.39 is 5.60 Å². The molecule has 2 heterocycles. The number of piperidine rings is 1. The van der Waals surface area contributed by atoms with Crippen LogP contribution in [-0.4, -0.2) is 39.1 Å². The summed E-state index contributed by atoms with van der Waals surface area (Å²) in [6.07, 6.45) is 1.38. The van der Waals surface area contributed by atoms with Crippen molar-refractivity contribution in [3.8, 4) is 17.6 Å². The van der Waals surface area contributed by atoms with Gasteiger partial charge >= 0.3 is 0 Å². The number of rotatable bonds is 3. The Hall–Kier alpha value is -3.43. The average Bonchev–Trinajstić information content (AvgIpc) is 2.76. The molecule has 0 saturated carbocycles. The lowest BCUT2D eigenvalue weighted by atomic mass is 9.85. The molecule has 5 nitrogen and oxygen atoms in total. The highest BCUT2D eigenvalue weighted by Crippen LogP contribution is 2.29. The third kappa shape index (κ3) is 4.76. The van der Waals surface area contributed by atoms with Crippen LogP contribution >= 0.6 is 0 Å². The number of benzene rings is 2. The molecule has 0 spiro atoms. The van der Waals surface area contributed by atoms with Crippen LogP contribution in [0.25, 0.3) is 0 Å². The molecule has 0 amide bonds. The maximum Gasteiger partial charge on any atom is 0.151 e. The van der Waals surface area contributed by atoms with Crippen LogP contribution < -0.4 is 4.90 Å². The summed E-state index contributed by atoms with van der Waals surface area (Å²) >= 11 is 0. The number of aromatic nitrogens is 2. The summed E-state index contributed by atoms with van der Waals surface area (Å²) in [5, 5.41) is 28.6. The molecule has 2 N–H and O–H groups in total. The van der Waals surface area contributed by atoms with Gasteiger partial charge in [-0.1, -0.05) is 24.1 Å². The fraction of sp³-hybridized carbons (Fsp3) is 0.250. The first-order valence-corrected chi connectivity index (χ1v) is 9.86. The Bertz CT molecular complexity index is 1060. The predicted molar refractivity (Wildman–Crippen MR) is 113 cm³/mol. The largest absolute Gasteiger partial charge is 0.508 e. The second kappa shape index (κ2) is 8.52. The molecule has 0 bridgehead atoms. The molecule has 1 saturated heterocycles. The van der Waals surface area contributed by atoms with Gasteiger partial charge in [0.05, 0.1) is 5.60 Å². The molecule has 4 rings (SSSR count). The van der Waals surface area contributed by atoms with Crippen LogP contribution in [0.4, 0.5) is 10.2 Å². The van der Waals surface area contributed by atoms with E-state index in [0.717, 1.165) is 11.4 Å². The number of hydrogen-bond donors (Lipinski definition) is 2. The van der Waals surface area contributed by atoms with Crippen molar-refractivity contribution in [2.24, 2.45) is 0 Å². The summed E-state index contributed by atoms with van der Waals surface area (Å²) < 4.78 is 13.9. The van der Waals surface area contributed by atoms with Gasteiger partial charge in [0.2, 0.25) is 0 Å². The zero-order valence-corrected chi connectivity index (χ0v) is 16.4. The van der Waals surface area contributed by atoms with Gasteiger partial charge in [0.25, 0.3) is 0 Å². The van der Waals surface area contributed by atoms with Gasteiger partial charge in [0.15, 0.2) is 5.82 Å². The van der Waals surface area contributed by atoms with Gasteiger partial charge in [-0.15, -0.1) is 10.2 Å². The molecule has 2 aromatic carbocycles. The second-order valence-corrected chi connectivity index (χ2v) is 7.55. The van der Waals surface area contributed by atoms with E-state index in [9.17, 15) is 14.6 Å². The molecule has 1 aliphatic rings. The van der Waals surface area contributed by atoms with Crippen molar-refractivity contribution in [3.05, 3.63) is 83.3 Å². The van der Waals surface area contributed by atoms with Crippen molar-refractivity contribution in [2.75, 3.05) is 18.0 Å². The monoisotopic (exact) mass is 403 g/mol. The molecule has 0 atom stereocenters. The van der Waals surface area contributed by atoms with Crippen molar-refractivity contribution in [2.45, 2.75) is 24.9 Å². The second-order valence-electron chi connectivity index (χ2n) is 7.55. The number of nitrogens with zero attached hydrogens (tertiary/aromatic N) is 3. The summed E-state index contributed by atoms with van der Waals surface area (Å²) in [6.45, 7) is 1.25. The van der Waals surface area contributed by atoms with E-state index >= 15 is 0 Å². The Morgan fingerprint density at radius 1 is 0.933 bits per heavy atom. The average molecular weight is 403 g/mol. The quantitative estimate of drug-likeness (QED) is 0.657. The van der Waals surface area contributed by atoms with Crippen LogP contribution in [0.3, 0.4) is 0 Å². The number of anilines is 1. The van der Waals surface area contributed by atoms with Crippen LogP contribution in [0.2, 0.25) is 0 Å². The number of hydrogen-bond acceptors (Lipinski definition) is 5. The molecule has 30 heavy (non-hydrogen) atoms. The van der Waals surface area contributed by atoms with Crippen LogP contribution in [0.5, 0.6) is 5.75 Å². The van der Waals surface area contributed by atoms with Gasteiger partial charge in [-0.2, -0.15) is 0 Å². The van der Waals surface area contributed by atoms with Crippen molar-refractivity contribution < 1.29 is 14.6 Å². The first-order chi connectivity index (χ1) is 14.5. The molecule has 152 valence electrons. The molecule has 1 aliphatic heterocycles. The topological polar surface area (TPSA) is 69.5 Å². The minimum absolute atomic E-state index is 0.201. The maximum absolute atomic E-state index is 13.9. The molecule has 1 fully saturated rings. The summed E-state index contributed by atoms with van der Waals surface area (Å²) in [5.41, 5.74) is 0.968. The lowest BCUT2D eigenvalue weighted by Crippen LogP contribution is -2.46. The number of phenols is 1. The number of halogens is 1. The van der Waals surface area contributed by atoms with Gasteiger partial charge in [-0.25, -0.2) is 4.39 Å². The molecular weight excluding hydrogens is 381 g/mol. The lowest BCUT2D eigenvalue weighted by Gasteiger charge is -2.38. The van der Waals surface area contributed by atoms with Crippen LogP contribution in [0.1, 0.15) is 29.7 Å². The van der Waals surface area contributed by atoms with Gasteiger partial charge in [0.1, 0.15) is 17.3 Å². The summed E-state index contributed by atoms with van der Waals surface area (Å²) in [6, 6.07) is 16.9. The lowest BCUT2D eigenvalue weighted by molar-refractivity contribution is 0.0156. The third-order valence-electron chi connectivity index (χ3n) is 5.35. The molecule has 0 unspecified atom stereocenters. The smallest absolute Gasteiger partial charge is 0.151 e. The minimum Gasteiger partial charge on any atom is -0.508 e. The zero-order valence-electron chi connectivity index (χ0n) is 16.4. The molecule has 6 heteroatoms. The zero-order chi connectivity index (χ0) is 21.0. The van der Waals surface area contributed by atoms with Crippen molar-refractivity contribution in [3.63, 3.8) is 0 Å². The third-order valence-corrected chi connectivity index (χ3v) is 5.35. The van der Waals surface area contributed by atoms with E-state index in [-0.39, 0.29) is 11.6 Å². The molecule has 3 aromatic rings. The van der Waals surface area contributed by atoms with Crippen LogP contribution in [0.15, 0.2) is 60.7 Å². The Balaban J connectivity index is 1.37. The molecule has 1 aromatic heterocycles. The first kappa shape index (κ1) is 19.9. The Kier molecular flexibility index (Phi) is 5.64. The van der Waals surface area contributed by atoms with Gasteiger partial charge < -0.3 is 15.1 Å². The van der Waals surface area contributed by atoms with Gasteiger partial charge in [-0.3, -0.25) is 0 Å². The van der Waals surface area contributed by atoms with E-state index in [2.05, 4.69) is 26.9 Å². The van der Waals surface area contributed by atoms with Crippen LogP contribution in [0, 0.1) is 17.7 Å². The SMILES string of the molecule is Oc1ccc(C#Cc2ccc(N3CCC(O)(Cc4ccccc4F)CC3)nn2)cc1. The number of aliphatic hydroxyl groups is 1. The Morgan fingerprint density at radius 3 is 2.33 bits per heavy atom. The van der Waals surface area contributed by atoms with Crippen molar-refractivity contribution in [1.82, 2.24) is 10.2 Å². The predicted octanol–water partition coefficient (Wildman–Crippen LogP) is 3.30. The standard InChI is InChI=1S/C24H22FN3O2/c25-22-4-2-1-3-19(22)17-24(30)13-15-28(16-14-24)23-12-9-20(26-27-23)8-5-18-6-10-21(29)11-7-18/h1-4,6-7,9-12,29-30H,13-17H2. The summed E-state index contributed by atoms with van der Waals surface area (Å²) in [7, 11) is 0. The Labute approximate surface area is 174 Å². The highest BCUT2D eigenvalue weighted by Gasteiger charge is 2.33. The molecular formula is C24H22FN3O2. The van der Waals surface area contributed by atoms with E-state index in [1.165, 1.54) is 6.07 Å². The highest BCUT2D eigenvalue weighted by molar-refractivity contribution is 5.44. The van der Waals surface area contributed by atoms with E-state index in [0.29, 0.717) is 43.6 Å². The molecule has 0 aliphatic carbocycles. The number of aromatic hydroxyl groups is 1. The normalized spacial score (nSPS) is 15.3. The Morgan fingerprint density at radius 2 is 1.67 bits per heavy atom. The van der Waals surface area contributed by atoms with Crippen molar-refractivity contribution in [1.29, 1.82) is 0 Å². The van der Waals surface area contributed by atoms with Gasteiger partial charge in [-0.05, 0) is 66.8 Å². The molecule has 0 radical (unpaired) electrons. The van der Waals surface area contributed by atoms with E-state index in [1.807, 2.05) is 12.1 Å². The summed E-state index contributed by atoms with van der Waals surface area (Å²) in [5.74, 6) is 6.60. The fourth-order valence-electron chi connectivity index (χ4n) is 3.57. The van der Waals surface area contributed by atoms with Crippen LogP contribution in [-0.2, 0) is 6.42 Å². The minimum atomic E-state index is -0.915.